The van der Waals surface area contributed by atoms with Gasteiger partial charge < -0.3 is 14.4 Å². The van der Waals surface area contributed by atoms with Gasteiger partial charge in [-0.25, -0.2) is 8.42 Å². The van der Waals surface area contributed by atoms with E-state index >= 15 is 0 Å². The van der Waals surface area contributed by atoms with Crippen molar-refractivity contribution < 1.29 is 27.5 Å². The molecular weight excluding hydrogens is 444 g/mol. The Kier molecular flexibility index (Phi) is 9.14. The molecule has 3 rings (SSSR count). The van der Waals surface area contributed by atoms with E-state index in [1.807, 2.05) is 6.92 Å². The third-order valence-electron chi connectivity index (χ3n) is 6.48. The Bertz CT molecular complexity index is 888. The summed E-state index contributed by atoms with van der Waals surface area (Å²) in [6.07, 6.45) is 5.60. The van der Waals surface area contributed by atoms with Gasteiger partial charge in [-0.2, -0.15) is 4.31 Å². The Morgan fingerprint density at radius 2 is 1.61 bits per heavy atom. The number of ether oxygens (including phenoxy) is 2. The van der Waals surface area contributed by atoms with Crippen molar-refractivity contribution in [3.63, 3.8) is 0 Å². The van der Waals surface area contributed by atoms with Crippen LogP contribution in [0.3, 0.4) is 0 Å². The number of sulfonamides is 1. The molecule has 0 N–H and O–H groups in total. The molecule has 1 aliphatic carbocycles. The third kappa shape index (κ3) is 6.47. The van der Waals surface area contributed by atoms with Gasteiger partial charge in [-0.1, -0.05) is 19.3 Å². The lowest BCUT2D eigenvalue weighted by atomic mass is 9.95. The van der Waals surface area contributed by atoms with Gasteiger partial charge in [0.2, 0.25) is 15.9 Å². The van der Waals surface area contributed by atoms with Gasteiger partial charge in [0.1, 0.15) is 5.75 Å². The summed E-state index contributed by atoms with van der Waals surface area (Å²) in [5.74, 6) is -0.0128. The number of carbonyl (C=O) groups is 2. The second-order valence-electron chi connectivity index (χ2n) is 8.65. The van der Waals surface area contributed by atoms with Crippen LogP contribution in [0, 0.1) is 5.92 Å². The molecule has 0 spiro atoms. The maximum Gasteiger partial charge on any atom is 0.309 e. The molecular formula is C24H36N2O6S. The Morgan fingerprint density at radius 3 is 2.18 bits per heavy atom. The molecule has 0 bridgehead atoms. The molecule has 1 amide bonds. The Hall–Kier alpha value is -2.13. The summed E-state index contributed by atoms with van der Waals surface area (Å²) in [5.41, 5.74) is 0. The van der Waals surface area contributed by atoms with Gasteiger partial charge in [0.15, 0.2) is 0 Å². The Labute approximate surface area is 197 Å². The summed E-state index contributed by atoms with van der Waals surface area (Å²) in [6.45, 7) is 5.19. The second-order valence-corrected chi connectivity index (χ2v) is 10.5. The minimum atomic E-state index is -3.84. The highest BCUT2D eigenvalue weighted by atomic mass is 32.2. The molecule has 1 saturated carbocycles. The fourth-order valence-corrected chi connectivity index (χ4v) is 6.28. The molecule has 8 nitrogen and oxygen atoms in total. The van der Waals surface area contributed by atoms with Crippen LogP contribution in [0.25, 0.3) is 0 Å². The maximum atomic E-state index is 13.6. The average Bonchev–Trinajstić information content (AvgIpc) is 2.83. The number of benzene rings is 1. The smallest absolute Gasteiger partial charge is 0.309 e. The molecule has 9 heteroatoms. The van der Waals surface area contributed by atoms with Crippen molar-refractivity contribution in [2.24, 2.45) is 5.92 Å². The van der Waals surface area contributed by atoms with E-state index in [1.54, 1.807) is 36.1 Å². The summed E-state index contributed by atoms with van der Waals surface area (Å²) in [4.78, 5) is 27.0. The summed E-state index contributed by atoms with van der Waals surface area (Å²) in [5, 5.41) is 0. The zero-order chi connectivity index (χ0) is 23.8. The molecule has 1 aromatic rings. The van der Waals surface area contributed by atoms with Gasteiger partial charge in [-0.05, 0) is 63.8 Å². The highest BCUT2D eigenvalue weighted by Crippen LogP contribution is 2.29. The zero-order valence-corrected chi connectivity index (χ0v) is 20.5. The van der Waals surface area contributed by atoms with Crippen molar-refractivity contribution in [3.8, 4) is 5.75 Å². The molecule has 1 aromatic carbocycles. The molecule has 0 atom stereocenters. The molecule has 1 aliphatic heterocycles. The van der Waals surface area contributed by atoms with Crippen LogP contribution < -0.4 is 4.74 Å². The molecule has 0 radical (unpaired) electrons. The fraction of sp³-hybridized carbons (Fsp3) is 0.667. The van der Waals surface area contributed by atoms with Crippen LogP contribution in [-0.2, 0) is 24.3 Å². The molecule has 0 unspecified atom stereocenters. The van der Waals surface area contributed by atoms with Gasteiger partial charge >= 0.3 is 5.97 Å². The summed E-state index contributed by atoms with van der Waals surface area (Å²) < 4.78 is 39.1. The first-order valence-electron chi connectivity index (χ1n) is 12.1. The van der Waals surface area contributed by atoms with Crippen LogP contribution in [0.4, 0.5) is 0 Å². The number of amides is 1. The first kappa shape index (κ1) is 25.5. The predicted octanol–water partition coefficient (Wildman–Crippen LogP) is 3.21. The lowest BCUT2D eigenvalue weighted by Crippen LogP contribution is -2.50. The average molecular weight is 481 g/mol. The first-order valence-corrected chi connectivity index (χ1v) is 13.5. The van der Waals surface area contributed by atoms with Crippen molar-refractivity contribution in [2.45, 2.75) is 69.7 Å². The number of piperidine rings is 1. The number of hydrogen-bond donors (Lipinski definition) is 0. The van der Waals surface area contributed by atoms with Crippen LogP contribution in [-0.4, -0.2) is 68.4 Å². The Balaban J connectivity index is 1.73. The summed E-state index contributed by atoms with van der Waals surface area (Å²) >= 11 is 0. The lowest BCUT2D eigenvalue weighted by molar-refractivity contribution is -0.151. The van der Waals surface area contributed by atoms with Crippen molar-refractivity contribution >= 4 is 21.9 Å². The van der Waals surface area contributed by atoms with E-state index in [4.69, 9.17) is 9.47 Å². The van der Waals surface area contributed by atoms with Crippen LogP contribution >= 0.6 is 0 Å². The van der Waals surface area contributed by atoms with Crippen LogP contribution in [0.1, 0.15) is 58.8 Å². The van der Waals surface area contributed by atoms with Gasteiger partial charge in [-0.15, -0.1) is 0 Å². The number of esters is 1. The molecule has 2 aliphatic rings. The number of nitrogens with zero attached hydrogens (tertiary/aromatic N) is 2. The van der Waals surface area contributed by atoms with Gasteiger partial charge in [0.05, 0.1) is 30.6 Å². The standard InChI is InChI=1S/C24H36N2O6S/c1-3-31-21-10-12-22(13-11-21)33(29,30)26(20-8-6-5-7-9-20)18-23(27)25-16-14-19(15-17-25)24(28)32-4-2/h10-13,19-20H,3-9,14-18H2,1-2H3. The van der Waals surface area contributed by atoms with E-state index in [0.29, 0.717) is 44.9 Å². The second kappa shape index (κ2) is 11.8. The molecule has 2 fully saturated rings. The van der Waals surface area contributed by atoms with E-state index in [1.165, 1.54) is 4.31 Å². The Morgan fingerprint density at radius 1 is 0.970 bits per heavy atom. The highest BCUT2D eigenvalue weighted by Gasteiger charge is 2.36. The van der Waals surface area contributed by atoms with Gasteiger partial charge in [-0.3, -0.25) is 9.59 Å². The third-order valence-corrected chi connectivity index (χ3v) is 8.39. The van der Waals surface area contributed by atoms with Gasteiger partial charge in [0, 0.05) is 19.1 Å². The van der Waals surface area contributed by atoms with Crippen LogP contribution in [0.15, 0.2) is 29.2 Å². The molecule has 1 saturated heterocycles. The van der Waals surface area contributed by atoms with Crippen molar-refractivity contribution in [1.82, 2.24) is 9.21 Å². The summed E-state index contributed by atoms with van der Waals surface area (Å²) in [7, 11) is -3.84. The highest BCUT2D eigenvalue weighted by molar-refractivity contribution is 7.89. The van der Waals surface area contributed by atoms with Crippen LogP contribution in [0.2, 0.25) is 0 Å². The van der Waals surface area contributed by atoms with E-state index in [2.05, 4.69) is 0 Å². The van der Waals surface area contributed by atoms with Crippen LogP contribution in [0.5, 0.6) is 5.75 Å². The fourth-order valence-electron chi connectivity index (χ4n) is 4.65. The number of likely N-dealkylation sites (tertiary alicyclic amines) is 1. The van der Waals surface area contributed by atoms with E-state index < -0.39 is 10.0 Å². The molecule has 184 valence electrons. The largest absolute Gasteiger partial charge is 0.494 e. The van der Waals surface area contributed by atoms with E-state index in [-0.39, 0.29) is 35.3 Å². The predicted molar refractivity (Wildman–Crippen MR) is 124 cm³/mol. The quantitative estimate of drug-likeness (QED) is 0.504. The summed E-state index contributed by atoms with van der Waals surface area (Å²) in [6, 6.07) is 6.21. The molecule has 1 heterocycles. The monoisotopic (exact) mass is 480 g/mol. The van der Waals surface area contributed by atoms with E-state index in [0.717, 1.165) is 32.1 Å². The van der Waals surface area contributed by atoms with Crippen molar-refractivity contribution in [2.75, 3.05) is 32.8 Å². The first-order chi connectivity index (χ1) is 15.9. The van der Waals surface area contributed by atoms with E-state index in [9.17, 15) is 18.0 Å². The van der Waals surface area contributed by atoms with Gasteiger partial charge in [0.25, 0.3) is 0 Å². The SMILES string of the molecule is CCOC(=O)C1CCN(C(=O)CN(C2CCCCC2)S(=O)(=O)c2ccc(OCC)cc2)CC1. The van der Waals surface area contributed by atoms with Crippen molar-refractivity contribution in [1.29, 1.82) is 0 Å². The minimum absolute atomic E-state index is 0.172. The minimum Gasteiger partial charge on any atom is -0.494 e. The zero-order valence-electron chi connectivity index (χ0n) is 19.7. The molecule has 0 aromatic heterocycles. The molecule has 33 heavy (non-hydrogen) atoms. The number of rotatable bonds is 9. The number of carbonyl (C=O) groups excluding carboxylic acids is 2. The lowest BCUT2D eigenvalue weighted by Gasteiger charge is -2.36. The normalized spacial score (nSPS) is 18.3. The number of hydrogen-bond acceptors (Lipinski definition) is 6. The topological polar surface area (TPSA) is 93.2 Å². The van der Waals surface area contributed by atoms with Crippen molar-refractivity contribution in [3.05, 3.63) is 24.3 Å². The maximum absolute atomic E-state index is 13.6.